The molecule has 2 aromatic heterocycles. The van der Waals surface area contributed by atoms with Crippen molar-refractivity contribution in [3.05, 3.63) is 64.9 Å². The summed E-state index contributed by atoms with van der Waals surface area (Å²) in [6, 6.07) is 15.1. The van der Waals surface area contributed by atoms with E-state index in [2.05, 4.69) is 41.1 Å². The lowest BCUT2D eigenvalue weighted by atomic mass is 10.2. The molecular formula is C23H22BrN7O2. The Balaban J connectivity index is 1.34. The molecule has 5 rings (SSSR count). The van der Waals surface area contributed by atoms with Gasteiger partial charge in [0.1, 0.15) is 12.1 Å². The summed E-state index contributed by atoms with van der Waals surface area (Å²) in [5.74, 6) is 1.56. The van der Waals surface area contributed by atoms with E-state index in [9.17, 15) is 4.79 Å². The molecule has 0 N–H and O–H groups in total. The molecule has 0 bridgehead atoms. The van der Waals surface area contributed by atoms with Crippen LogP contribution in [-0.2, 0) is 0 Å². The molecule has 9 nitrogen and oxygen atoms in total. The average molecular weight is 508 g/mol. The summed E-state index contributed by atoms with van der Waals surface area (Å²) in [5.41, 5.74) is 2.80. The highest BCUT2D eigenvalue weighted by molar-refractivity contribution is 9.10. The van der Waals surface area contributed by atoms with E-state index in [1.54, 1.807) is 4.68 Å². The highest BCUT2D eigenvalue weighted by Gasteiger charge is 2.25. The zero-order valence-electron chi connectivity index (χ0n) is 18.1. The van der Waals surface area contributed by atoms with Gasteiger partial charge in [-0.15, -0.1) is 5.10 Å². The van der Waals surface area contributed by atoms with Gasteiger partial charge in [-0.25, -0.2) is 9.97 Å². The number of piperazine rings is 1. The number of benzene rings is 2. The van der Waals surface area contributed by atoms with Gasteiger partial charge in [0.2, 0.25) is 0 Å². The predicted octanol–water partition coefficient (Wildman–Crippen LogP) is 3.33. The fourth-order valence-electron chi connectivity index (χ4n) is 3.92. The maximum absolute atomic E-state index is 12.9. The Bertz CT molecular complexity index is 1280. The first-order valence-electron chi connectivity index (χ1n) is 10.7. The molecule has 0 saturated carbocycles. The molecule has 1 amide bonds. The number of hydrogen-bond donors (Lipinski definition) is 0. The summed E-state index contributed by atoms with van der Waals surface area (Å²) >= 11 is 3.43. The van der Waals surface area contributed by atoms with Gasteiger partial charge in [-0.3, -0.25) is 4.79 Å². The largest absolute Gasteiger partial charge is 0.494 e. The minimum absolute atomic E-state index is 0.0326. The maximum Gasteiger partial charge on any atom is 0.254 e. The Morgan fingerprint density at radius 2 is 1.85 bits per heavy atom. The molecule has 0 unspecified atom stereocenters. The van der Waals surface area contributed by atoms with Crippen LogP contribution >= 0.6 is 15.9 Å². The number of anilines is 1. The lowest BCUT2D eigenvalue weighted by molar-refractivity contribution is 0.0746. The topological polar surface area (TPSA) is 89.3 Å². The van der Waals surface area contributed by atoms with E-state index in [1.807, 2.05) is 60.4 Å². The number of fused-ring (bicyclic) bond motifs is 1. The zero-order chi connectivity index (χ0) is 22.8. The Hall–Kier alpha value is -3.53. The average Bonchev–Trinajstić information content (AvgIpc) is 3.29. The van der Waals surface area contributed by atoms with E-state index in [4.69, 9.17) is 4.74 Å². The molecule has 0 aliphatic carbocycles. The van der Waals surface area contributed by atoms with Crippen molar-refractivity contribution < 1.29 is 9.53 Å². The number of halogens is 1. The number of carbonyl (C=O) groups is 1. The van der Waals surface area contributed by atoms with E-state index in [0.717, 1.165) is 21.7 Å². The molecule has 3 heterocycles. The van der Waals surface area contributed by atoms with Gasteiger partial charge in [-0.05, 0) is 49.4 Å². The van der Waals surface area contributed by atoms with Crippen LogP contribution < -0.4 is 9.64 Å². The summed E-state index contributed by atoms with van der Waals surface area (Å²) in [6.45, 7) is 5.08. The summed E-state index contributed by atoms with van der Waals surface area (Å²) < 4.78 is 8.11. The number of carbonyl (C=O) groups excluding carboxylic acids is 1. The summed E-state index contributed by atoms with van der Waals surface area (Å²) in [4.78, 5) is 25.8. The SMILES string of the molecule is CCOc1ccc(-n2nnc3c(N4CCN(C(=O)c5cccc(Br)c5)CC4)ncnc32)cc1. The molecule has 0 atom stereocenters. The molecule has 1 aliphatic rings. The molecular weight excluding hydrogens is 486 g/mol. The van der Waals surface area contributed by atoms with Gasteiger partial charge in [0.15, 0.2) is 17.0 Å². The van der Waals surface area contributed by atoms with Crippen molar-refractivity contribution >= 4 is 38.8 Å². The zero-order valence-corrected chi connectivity index (χ0v) is 19.6. The van der Waals surface area contributed by atoms with Crippen LogP contribution in [-0.4, -0.2) is 68.6 Å². The van der Waals surface area contributed by atoms with Crippen LogP contribution in [0.3, 0.4) is 0 Å². The first-order valence-corrected chi connectivity index (χ1v) is 11.5. The molecule has 4 aromatic rings. The third kappa shape index (κ3) is 4.25. The van der Waals surface area contributed by atoms with Crippen LogP contribution in [0.15, 0.2) is 59.3 Å². The van der Waals surface area contributed by atoms with Crippen LogP contribution in [0.2, 0.25) is 0 Å². The highest BCUT2D eigenvalue weighted by atomic mass is 79.9. The van der Waals surface area contributed by atoms with Gasteiger partial charge in [0.05, 0.1) is 12.3 Å². The van der Waals surface area contributed by atoms with Crippen molar-refractivity contribution in [2.45, 2.75) is 6.92 Å². The maximum atomic E-state index is 12.9. The molecule has 168 valence electrons. The summed E-state index contributed by atoms with van der Waals surface area (Å²) in [5, 5.41) is 8.69. The van der Waals surface area contributed by atoms with E-state index >= 15 is 0 Å². The standard InChI is InChI=1S/C23H22BrN7O2/c1-2-33-19-8-6-18(7-9-19)31-22-20(27-28-31)21(25-15-26-22)29-10-12-30(13-11-29)23(32)16-4-3-5-17(24)14-16/h3-9,14-15H,2,10-13H2,1H3. The minimum Gasteiger partial charge on any atom is -0.494 e. The molecule has 10 heteroatoms. The Morgan fingerprint density at radius 1 is 1.06 bits per heavy atom. The molecule has 1 aliphatic heterocycles. The Kier molecular flexibility index (Phi) is 5.91. The smallest absolute Gasteiger partial charge is 0.254 e. The second kappa shape index (κ2) is 9.14. The lowest BCUT2D eigenvalue weighted by Crippen LogP contribution is -2.49. The number of aromatic nitrogens is 5. The van der Waals surface area contributed by atoms with Gasteiger partial charge in [0, 0.05) is 36.2 Å². The third-order valence-corrected chi connectivity index (χ3v) is 6.04. The monoisotopic (exact) mass is 507 g/mol. The molecule has 0 spiro atoms. The van der Waals surface area contributed by atoms with Crippen LogP contribution in [0.1, 0.15) is 17.3 Å². The summed E-state index contributed by atoms with van der Waals surface area (Å²) in [6.07, 6.45) is 1.53. The van der Waals surface area contributed by atoms with Crippen molar-refractivity contribution in [3.8, 4) is 11.4 Å². The van der Waals surface area contributed by atoms with Crippen molar-refractivity contribution in [2.75, 3.05) is 37.7 Å². The molecule has 1 fully saturated rings. The fraction of sp³-hybridized carbons (Fsp3) is 0.261. The molecule has 1 saturated heterocycles. The van der Waals surface area contributed by atoms with Crippen LogP contribution in [0.4, 0.5) is 5.82 Å². The third-order valence-electron chi connectivity index (χ3n) is 5.55. The second-order valence-corrected chi connectivity index (χ2v) is 8.50. The van der Waals surface area contributed by atoms with Crippen LogP contribution in [0.25, 0.3) is 16.9 Å². The van der Waals surface area contributed by atoms with E-state index < -0.39 is 0 Å². The molecule has 0 radical (unpaired) electrons. The van der Waals surface area contributed by atoms with Crippen molar-refractivity contribution in [1.82, 2.24) is 29.9 Å². The first-order chi connectivity index (χ1) is 16.1. The Labute approximate surface area is 199 Å². The second-order valence-electron chi connectivity index (χ2n) is 7.59. The normalized spacial score (nSPS) is 14.0. The quantitative estimate of drug-likeness (QED) is 0.409. The number of hydrogen-bond acceptors (Lipinski definition) is 7. The fourth-order valence-corrected chi connectivity index (χ4v) is 4.32. The first kappa shape index (κ1) is 21.3. The van der Waals surface area contributed by atoms with E-state index in [-0.39, 0.29) is 5.91 Å². The van der Waals surface area contributed by atoms with Crippen molar-refractivity contribution in [1.29, 1.82) is 0 Å². The number of amides is 1. The molecule has 33 heavy (non-hydrogen) atoms. The lowest BCUT2D eigenvalue weighted by Gasteiger charge is -2.35. The van der Waals surface area contributed by atoms with Crippen molar-refractivity contribution in [3.63, 3.8) is 0 Å². The van der Waals surface area contributed by atoms with Gasteiger partial charge >= 0.3 is 0 Å². The predicted molar refractivity (Wildman–Crippen MR) is 128 cm³/mol. The van der Waals surface area contributed by atoms with Gasteiger partial charge in [-0.2, -0.15) is 4.68 Å². The van der Waals surface area contributed by atoms with Gasteiger partial charge in [0.25, 0.3) is 5.91 Å². The Morgan fingerprint density at radius 3 is 2.58 bits per heavy atom. The van der Waals surface area contributed by atoms with Gasteiger partial charge in [-0.1, -0.05) is 27.2 Å². The van der Waals surface area contributed by atoms with E-state index in [1.165, 1.54) is 6.33 Å². The molecule has 2 aromatic carbocycles. The van der Waals surface area contributed by atoms with Crippen LogP contribution in [0, 0.1) is 0 Å². The van der Waals surface area contributed by atoms with Crippen molar-refractivity contribution in [2.24, 2.45) is 0 Å². The minimum atomic E-state index is 0.0326. The number of ether oxygens (including phenoxy) is 1. The number of nitrogens with zero attached hydrogens (tertiary/aromatic N) is 7. The number of rotatable bonds is 5. The van der Waals surface area contributed by atoms with E-state index in [0.29, 0.717) is 49.5 Å². The van der Waals surface area contributed by atoms with Crippen LogP contribution in [0.5, 0.6) is 5.75 Å². The summed E-state index contributed by atoms with van der Waals surface area (Å²) in [7, 11) is 0. The van der Waals surface area contributed by atoms with Gasteiger partial charge < -0.3 is 14.5 Å². The highest BCUT2D eigenvalue weighted by Crippen LogP contribution is 2.25.